The molecule has 0 spiro atoms. The molecular formula is C15H20N2O3. The van der Waals surface area contributed by atoms with Crippen LogP contribution in [0.25, 0.3) is 0 Å². The van der Waals surface area contributed by atoms with Crippen LogP contribution in [0.3, 0.4) is 0 Å². The molecular weight excluding hydrogens is 256 g/mol. The highest BCUT2D eigenvalue weighted by atomic mass is 16.5. The van der Waals surface area contributed by atoms with Crippen LogP contribution in [0.15, 0.2) is 18.2 Å². The summed E-state index contributed by atoms with van der Waals surface area (Å²) in [5.41, 5.74) is 1.44. The summed E-state index contributed by atoms with van der Waals surface area (Å²) in [5, 5.41) is 2.62. The van der Waals surface area contributed by atoms with E-state index in [2.05, 4.69) is 12.2 Å². The van der Waals surface area contributed by atoms with Crippen molar-refractivity contribution in [2.24, 2.45) is 0 Å². The first kappa shape index (κ1) is 14.4. The molecule has 1 aliphatic heterocycles. The van der Waals surface area contributed by atoms with Gasteiger partial charge in [0.1, 0.15) is 11.9 Å². The van der Waals surface area contributed by atoms with E-state index in [1.807, 2.05) is 11.0 Å². The molecule has 0 aliphatic carbocycles. The SMILES string of the molecule is CCC1CN(CC(=O)NC)c2cc(C(C)=O)ccc2O1. The monoisotopic (exact) mass is 276 g/mol. The van der Waals surface area contributed by atoms with Crippen molar-refractivity contribution in [3.8, 4) is 5.75 Å². The molecule has 0 aromatic heterocycles. The molecule has 1 unspecified atom stereocenters. The maximum Gasteiger partial charge on any atom is 0.239 e. The Morgan fingerprint density at radius 1 is 1.45 bits per heavy atom. The van der Waals surface area contributed by atoms with Gasteiger partial charge in [0, 0.05) is 12.6 Å². The molecule has 5 heteroatoms. The normalized spacial score (nSPS) is 17.1. The molecule has 20 heavy (non-hydrogen) atoms. The lowest BCUT2D eigenvalue weighted by atomic mass is 10.1. The van der Waals surface area contributed by atoms with Gasteiger partial charge in [-0.05, 0) is 31.5 Å². The molecule has 1 atom stereocenters. The summed E-state index contributed by atoms with van der Waals surface area (Å²) in [6.45, 7) is 4.50. The number of anilines is 1. The number of benzene rings is 1. The Morgan fingerprint density at radius 3 is 2.80 bits per heavy atom. The molecule has 1 heterocycles. The van der Waals surface area contributed by atoms with Crippen LogP contribution in [0.2, 0.25) is 0 Å². The zero-order valence-corrected chi connectivity index (χ0v) is 12.1. The van der Waals surface area contributed by atoms with Gasteiger partial charge in [-0.25, -0.2) is 0 Å². The van der Waals surface area contributed by atoms with Gasteiger partial charge in [-0.2, -0.15) is 0 Å². The maximum absolute atomic E-state index is 11.6. The average Bonchev–Trinajstić information content (AvgIpc) is 2.46. The van der Waals surface area contributed by atoms with Crippen LogP contribution >= 0.6 is 0 Å². The second kappa shape index (κ2) is 5.94. The van der Waals surface area contributed by atoms with Crippen molar-refractivity contribution in [3.63, 3.8) is 0 Å². The summed E-state index contributed by atoms with van der Waals surface area (Å²) < 4.78 is 5.88. The Balaban J connectivity index is 2.35. The van der Waals surface area contributed by atoms with Crippen LogP contribution in [0.1, 0.15) is 30.6 Å². The summed E-state index contributed by atoms with van der Waals surface area (Å²) in [7, 11) is 1.62. The fraction of sp³-hybridized carbons (Fsp3) is 0.467. The van der Waals surface area contributed by atoms with Gasteiger partial charge < -0.3 is 15.0 Å². The van der Waals surface area contributed by atoms with Crippen molar-refractivity contribution in [2.45, 2.75) is 26.4 Å². The first-order valence-corrected chi connectivity index (χ1v) is 6.82. The fourth-order valence-corrected chi connectivity index (χ4v) is 2.26. The highest BCUT2D eigenvalue weighted by Crippen LogP contribution is 2.34. The van der Waals surface area contributed by atoms with Gasteiger partial charge >= 0.3 is 0 Å². The summed E-state index contributed by atoms with van der Waals surface area (Å²) in [6, 6.07) is 5.37. The van der Waals surface area contributed by atoms with Crippen LogP contribution < -0.4 is 15.0 Å². The van der Waals surface area contributed by atoms with Crippen LogP contribution in [-0.2, 0) is 4.79 Å². The van der Waals surface area contributed by atoms with E-state index in [1.54, 1.807) is 19.2 Å². The van der Waals surface area contributed by atoms with Crippen molar-refractivity contribution in [3.05, 3.63) is 23.8 Å². The maximum atomic E-state index is 11.6. The van der Waals surface area contributed by atoms with Gasteiger partial charge in [0.2, 0.25) is 5.91 Å². The Morgan fingerprint density at radius 2 is 2.20 bits per heavy atom. The number of ether oxygens (including phenoxy) is 1. The standard InChI is InChI=1S/C15H20N2O3/c1-4-12-8-17(9-15(19)16-3)13-7-11(10(2)18)5-6-14(13)20-12/h5-7,12H,4,8-9H2,1-3H3,(H,16,19). The number of ketones is 1. The van der Waals surface area contributed by atoms with Crippen LogP contribution in [0.5, 0.6) is 5.75 Å². The highest BCUT2D eigenvalue weighted by molar-refractivity contribution is 5.96. The van der Waals surface area contributed by atoms with E-state index in [0.717, 1.165) is 17.9 Å². The minimum atomic E-state index is -0.0547. The highest BCUT2D eigenvalue weighted by Gasteiger charge is 2.26. The molecule has 1 amide bonds. The Labute approximate surface area is 118 Å². The number of carbonyl (C=O) groups excluding carboxylic acids is 2. The number of rotatable bonds is 4. The predicted molar refractivity (Wildman–Crippen MR) is 77.4 cm³/mol. The number of hydrogen-bond donors (Lipinski definition) is 1. The van der Waals surface area contributed by atoms with Crippen LogP contribution in [0.4, 0.5) is 5.69 Å². The average molecular weight is 276 g/mol. The zero-order chi connectivity index (χ0) is 14.7. The third kappa shape index (κ3) is 2.92. The molecule has 1 N–H and O–H groups in total. The van der Waals surface area contributed by atoms with Crippen LogP contribution in [-0.4, -0.2) is 37.9 Å². The molecule has 0 fully saturated rings. The van der Waals surface area contributed by atoms with Crippen molar-refractivity contribution < 1.29 is 14.3 Å². The van der Waals surface area contributed by atoms with Gasteiger partial charge in [0.05, 0.1) is 18.8 Å². The Kier molecular flexibility index (Phi) is 4.27. The Hall–Kier alpha value is -2.04. The molecule has 5 nitrogen and oxygen atoms in total. The van der Waals surface area contributed by atoms with E-state index in [4.69, 9.17) is 4.74 Å². The van der Waals surface area contributed by atoms with E-state index < -0.39 is 0 Å². The van der Waals surface area contributed by atoms with E-state index >= 15 is 0 Å². The second-order valence-corrected chi connectivity index (χ2v) is 4.94. The van der Waals surface area contributed by atoms with Gasteiger partial charge in [0.15, 0.2) is 5.78 Å². The number of hydrogen-bond acceptors (Lipinski definition) is 4. The van der Waals surface area contributed by atoms with E-state index in [1.165, 1.54) is 6.92 Å². The quantitative estimate of drug-likeness (QED) is 0.849. The number of likely N-dealkylation sites (N-methyl/N-ethyl adjacent to an activating group) is 1. The molecule has 108 valence electrons. The lowest BCUT2D eigenvalue weighted by Gasteiger charge is -2.35. The number of carbonyl (C=O) groups is 2. The summed E-state index contributed by atoms with van der Waals surface area (Å²) in [5.74, 6) is 0.684. The first-order chi connectivity index (χ1) is 9.55. The van der Waals surface area contributed by atoms with Crippen molar-refractivity contribution >= 4 is 17.4 Å². The van der Waals surface area contributed by atoms with Crippen molar-refractivity contribution in [2.75, 3.05) is 25.0 Å². The number of amides is 1. The van der Waals surface area contributed by atoms with Crippen LogP contribution in [0, 0.1) is 0 Å². The third-order valence-electron chi connectivity index (χ3n) is 3.49. The number of nitrogens with zero attached hydrogens (tertiary/aromatic N) is 1. The zero-order valence-electron chi connectivity index (χ0n) is 12.1. The van der Waals surface area contributed by atoms with Gasteiger partial charge in [-0.1, -0.05) is 6.92 Å². The summed E-state index contributed by atoms with van der Waals surface area (Å²) in [4.78, 5) is 25.1. The summed E-state index contributed by atoms with van der Waals surface area (Å²) in [6.07, 6.45) is 0.938. The first-order valence-electron chi connectivity index (χ1n) is 6.82. The number of fused-ring (bicyclic) bond motifs is 1. The van der Waals surface area contributed by atoms with E-state index in [-0.39, 0.29) is 24.3 Å². The Bertz CT molecular complexity index is 528. The number of nitrogens with one attached hydrogen (secondary N) is 1. The summed E-state index contributed by atoms with van der Waals surface area (Å²) >= 11 is 0. The third-order valence-corrected chi connectivity index (χ3v) is 3.49. The molecule has 1 aromatic rings. The van der Waals surface area contributed by atoms with Gasteiger partial charge in [-0.3, -0.25) is 9.59 Å². The second-order valence-electron chi connectivity index (χ2n) is 4.94. The van der Waals surface area contributed by atoms with Gasteiger partial charge in [0.25, 0.3) is 0 Å². The largest absolute Gasteiger partial charge is 0.486 e. The van der Waals surface area contributed by atoms with E-state index in [9.17, 15) is 9.59 Å². The van der Waals surface area contributed by atoms with Crippen molar-refractivity contribution in [1.82, 2.24) is 5.32 Å². The lowest BCUT2D eigenvalue weighted by Crippen LogP contribution is -2.44. The van der Waals surface area contributed by atoms with Crippen molar-refractivity contribution in [1.29, 1.82) is 0 Å². The number of Topliss-reactive ketones (excluding diaryl/α,β-unsaturated/α-hetero) is 1. The molecule has 1 aliphatic rings. The molecule has 0 saturated carbocycles. The lowest BCUT2D eigenvalue weighted by molar-refractivity contribution is -0.119. The van der Waals surface area contributed by atoms with E-state index in [0.29, 0.717) is 12.1 Å². The molecule has 2 rings (SSSR count). The van der Waals surface area contributed by atoms with Gasteiger partial charge in [-0.15, -0.1) is 0 Å². The molecule has 0 saturated heterocycles. The fourth-order valence-electron chi connectivity index (χ4n) is 2.26. The molecule has 1 aromatic carbocycles. The molecule has 0 radical (unpaired) electrons. The predicted octanol–water partition coefficient (Wildman–Crippen LogP) is 1.61. The smallest absolute Gasteiger partial charge is 0.239 e. The minimum absolute atomic E-state index is 0.00491. The topological polar surface area (TPSA) is 58.6 Å². The molecule has 0 bridgehead atoms. The minimum Gasteiger partial charge on any atom is -0.486 e.